The van der Waals surface area contributed by atoms with Crippen molar-refractivity contribution in [3.05, 3.63) is 40.7 Å². The van der Waals surface area contributed by atoms with E-state index in [1.54, 1.807) is 16.8 Å². The van der Waals surface area contributed by atoms with Gasteiger partial charge < -0.3 is 16.0 Å². The van der Waals surface area contributed by atoms with E-state index in [1.807, 2.05) is 17.9 Å². The first-order valence-corrected chi connectivity index (χ1v) is 14.5. The van der Waals surface area contributed by atoms with Crippen molar-refractivity contribution in [2.75, 3.05) is 39.0 Å². The molecule has 0 radical (unpaired) electrons. The van der Waals surface area contributed by atoms with Gasteiger partial charge in [-0.1, -0.05) is 0 Å². The van der Waals surface area contributed by atoms with Crippen LogP contribution in [0.1, 0.15) is 65.2 Å². The van der Waals surface area contributed by atoms with Gasteiger partial charge in [-0.25, -0.2) is 4.68 Å². The number of carbonyl (C=O) groups excluding carboxylic acids is 2. The lowest BCUT2D eigenvalue weighted by Crippen LogP contribution is -2.53. The van der Waals surface area contributed by atoms with Gasteiger partial charge >= 0.3 is 0 Å². The van der Waals surface area contributed by atoms with E-state index in [0.717, 1.165) is 12.2 Å². The van der Waals surface area contributed by atoms with Gasteiger partial charge in [0.1, 0.15) is 0 Å². The summed E-state index contributed by atoms with van der Waals surface area (Å²) in [6.45, 7) is 7.48. The predicted octanol–water partition coefficient (Wildman–Crippen LogP) is 1.76. The Kier molecular flexibility index (Phi) is 6.56. The third-order valence-electron chi connectivity index (χ3n) is 7.90. The summed E-state index contributed by atoms with van der Waals surface area (Å²) in [6.07, 6.45) is 3.59. The number of amides is 2. The van der Waals surface area contributed by atoms with Crippen LogP contribution in [-0.2, 0) is 16.6 Å². The van der Waals surface area contributed by atoms with Crippen molar-refractivity contribution in [3.63, 3.8) is 0 Å². The summed E-state index contributed by atoms with van der Waals surface area (Å²) in [5.41, 5.74) is 9.04. The van der Waals surface area contributed by atoms with E-state index in [0.29, 0.717) is 53.5 Å². The van der Waals surface area contributed by atoms with Gasteiger partial charge in [0.2, 0.25) is 0 Å². The highest BCUT2D eigenvalue weighted by atomic mass is 32.2. The van der Waals surface area contributed by atoms with Gasteiger partial charge in [-0.05, 0) is 64.2 Å². The molecule has 11 nitrogen and oxygen atoms in total. The molecular weight excluding hydrogens is 506 g/mol. The topological polar surface area (TPSA) is 134 Å². The van der Waals surface area contributed by atoms with Gasteiger partial charge in [0.15, 0.2) is 0 Å². The van der Waals surface area contributed by atoms with Crippen molar-refractivity contribution in [2.24, 2.45) is 11.7 Å². The maximum Gasteiger partial charge on any atom is 0.281 e. The van der Waals surface area contributed by atoms with Crippen LogP contribution in [-0.4, -0.2) is 88.8 Å². The number of carbonyl (C=O) groups is 2. The molecule has 0 spiro atoms. The molecule has 206 valence electrons. The molecule has 38 heavy (non-hydrogen) atoms. The van der Waals surface area contributed by atoms with E-state index in [2.05, 4.69) is 19.2 Å². The molecule has 3 aliphatic rings. The number of nitrogens with two attached hydrogens (primary N) is 1. The summed E-state index contributed by atoms with van der Waals surface area (Å²) in [4.78, 5) is 27.9. The lowest BCUT2D eigenvalue weighted by molar-refractivity contribution is 0.0487. The maximum absolute atomic E-state index is 13.6. The SMILES string of the molecule is Cc1nn(-c2ccc(C(N)=O)c(NC3CCN(S(=O)(=O)N(C)C)C3)c2)c2c1C(=O)N(CC1CC1)C(C)(C)C2. The van der Waals surface area contributed by atoms with Crippen LogP contribution in [0.2, 0.25) is 0 Å². The van der Waals surface area contributed by atoms with Crippen molar-refractivity contribution in [1.82, 2.24) is 23.3 Å². The van der Waals surface area contributed by atoms with Crippen LogP contribution in [0.5, 0.6) is 0 Å². The maximum atomic E-state index is 13.6. The molecule has 3 heterocycles. The molecule has 1 saturated heterocycles. The lowest BCUT2D eigenvalue weighted by atomic mass is 9.87. The van der Waals surface area contributed by atoms with Crippen molar-refractivity contribution in [1.29, 1.82) is 0 Å². The van der Waals surface area contributed by atoms with Gasteiger partial charge in [-0.2, -0.15) is 22.1 Å². The van der Waals surface area contributed by atoms with E-state index in [-0.39, 0.29) is 24.0 Å². The van der Waals surface area contributed by atoms with Crippen molar-refractivity contribution < 1.29 is 18.0 Å². The average Bonchev–Trinajstić information content (AvgIpc) is 3.43. The molecule has 2 aliphatic heterocycles. The number of fused-ring (bicyclic) bond motifs is 1. The Balaban J connectivity index is 1.47. The van der Waals surface area contributed by atoms with Crippen molar-refractivity contribution in [3.8, 4) is 5.69 Å². The third-order valence-corrected chi connectivity index (χ3v) is 9.80. The van der Waals surface area contributed by atoms with Crippen LogP contribution in [0.15, 0.2) is 18.2 Å². The Labute approximate surface area is 224 Å². The van der Waals surface area contributed by atoms with E-state index in [1.165, 1.54) is 35.5 Å². The normalized spacial score (nSPS) is 21.7. The van der Waals surface area contributed by atoms with Crippen LogP contribution in [0, 0.1) is 12.8 Å². The fraction of sp³-hybridized carbons (Fsp3) is 0.577. The molecule has 2 fully saturated rings. The van der Waals surface area contributed by atoms with E-state index in [4.69, 9.17) is 10.8 Å². The van der Waals surface area contributed by atoms with Crippen LogP contribution < -0.4 is 11.1 Å². The second-order valence-electron chi connectivity index (χ2n) is 11.5. The summed E-state index contributed by atoms with van der Waals surface area (Å²) in [6, 6.07) is 5.05. The molecule has 3 N–H and O–H groups in total. The number of benzene rings is 1. The van der Waals surface area contributed by atoms with E-state index in [9.17, 15) is 18.0 Å². The molecular formula is C26H37N7O4S. The van der Waals surface area contributed by atoms with Crippen LogP contribution in [0.25, 0.3) is 5.69 Å². The fourth-order valence-electron chi connectivity index (χ4n) is 5.54. The predicted molar refractivity (Wildman–Crippen MR) is 145 cm³/mol. The smallest absolute Gasteiger partial charge is 0.281 e. The average molecular weight is 544 g/mol. The zero-order chi connectivity index (χ0) is 27.6. The Morgan fingerprint density at radius 1 is 1.24 bits per heavy atom. The monoisotopic (exact) mass is 543 g/mol. The Bertz CT molecular complexity index is 1390. The lowest BCUT2D eigenvalue weighted by Gasteiger charge is -2.42. The number of primary amides is 1. The first kappa shape index (κ1) is 26.6. The molecule has 12 heteroatoms. The highest BCUT2D eigenvalue weighted by Crippen LogP contribution is 2.38. The van der Waals surface area contributed by atoms with Crippen LogP contribution >= 0.6 is 0 Å². The molecule has 1 atom stereocenters. The van der Waals surface area contributed by atoms with Crippen molar-refractivity contribution >= 4 is 27.7 Å². The largest absolute Gasteiger partial charge is 0.380 e. The number of nitrogens with zero attached hydrogens (tertiary/aromatic N) is 5. The molecule has 1 saturated carbocycles. The van der Waals surface area contributed by atoms with Gasteiger partial charge in [0, 0.05) is 57.4 Å². The standard InChI is InChI=1S/C26H37N7O4S/c1-16-23-22(13-26(2,3)32(25(23)35)14-17-6-7-17)33(29-16)19-8-9-20(24(27)34)21(12-19)28-18-10-11-31(15-18)38(36,37)30(4)5/h8-9,12,17-18,28H,6-7,10-11,13-15H2,1-5H3,(H2,27,34). The molecule has 1 aromatic carbocycles. The Morgan fingerprint density at radius 3 is 2.58 bits per heavy atom. The first-order valence-electron chi connectivity index (χ1n) is 13.1. The molecule has 1 unspecified atom stereocenters. The number of hydrogen-bond acceptors (Lipinski definition) is 6. The molecule has 0 bridgehead atoms. The number of aryl methyl sites for hydroxylation is 1. The zero-order valence-corrected chi connectivity index (χ0v) is 23.5. The minimum absolute atomic E-state index is 0.0205. The quantitative estimate of drug-likeness (QED) is 0.521. The van der Waals surface area contributed by atoms with Gasteiger partial charge in [0.25, 0.3) is 22.0 Å². The second-order valence-corrected chi connectivity index (χ2v) is 13.7. The highest BCUT2D eigenvalue weighted by Gasteiger charge is 2.43. The van der Waals surface area contributed by atoms with Crippen LogP contribution in [0.4, 0.5) is 5.69 Å². The number of rotatable bonds is 8. The summed E-state index contributed by atoms with van der Waals surface area (Å²) in [5.74, 6) is 0.0250. The minimum atomic E-state index is -3.53. The number of aromatic nitrogens is 2. The zero-order valence-electron chi connectivity index (χ0n) is 22.7. The summed E-state index contributed by atoms with van der Waals surface area (Å²) < 4.78 is 29.5. The summed E-state index contributed by atoms with van der Waals surface area (Å²) in [5, 5.41) is 8.10. The van der Waals surface area contributed by atoms with Gasteiger partial charge in [0.05, 0.1) is 28.2 Å². The van der Waals surface area contributed by atoms with Gasteiger partial charge in [-0.15, -0.1) is 0 Å². The number of nitrogens with one attached hydrogen (secondary N) is 1. The van der Waals surface area contributed by atoms with E-state index >= 15 is 0 Å². The first-order chi connectivity index (χ1) is 17.8. The molecule has 1 aromatic heterocycles. The third kappa shape index (κ3) is 4.69. The molecule has 2 amide bonds. The number of anilines is 1. The van der Waals surface area contributed by atoms with Gasteiger partial charge in [-0.3, -0.25) is 9.59 Å². The molecule has 2 aromatic rings. The fourth-order valence-corrected chi connectivity index (χ4v) is 6.70. The molecule has 1 aliphatic carbocycles. The Hall–Kier alpha value is -2.96. The van der Waals surface area contributed by atoms with Crippen LogP contribution in [0.3, 0.4) is 0 Å². The second kappa shape index (κ2) is 9.35. The number of hydrogen-bond donors (Lipinski definition) is 2. The summed E-state index contributed by atoms with van der Waals surface area (Å²) >= 11 is 0. The minimum Gasteiger partial charge on any atom is -0.380 e. The highest BCUT2D eigenvalue weighted by molar-refractivity contribution is 7.86. The molecule has 5 rings (SSSR count). The van der Waals surface area contributed by atoms with Crippen molar-refractivity contribution in [2.45, 2.75) is 58.0 Å². The Morgan fingerprint density at radius 2 is 1.95 bits per heavy atom. The van der Waals surface area contributed by atoms with E-state index < -0.39 is 16.1 Å². The summed E-state index contributed by atoms with van der Waals surface area (Å²) in [7, 11) is -0.509.